The maximum atomic E-state index is 16.1. The monoisotopic (exact) mass is 472 g/mol. The number of anilines is 1. The molecule has 7 nitrogen and oxygen atoms in total. The van der Waals surface area contributed by atoms with Crippen LogP contribution < -0.4 is 4.90 Å². The summed E-state index contributed by atoms with van der Waals surface area (Å²) in [6.07, 6.45) is 1.47. The van der Waals surface area contributed by atoms with Gasteiger partial charge in [0.1, 0.15) is 22.7 Å². The number of aromatic nitrogens is 3. The molecule has 33 heavy (non-hydrogen) atoms. The number of carbonyl (C=O) groups is 1. The van der Waals surface area contributed by atoms with E-state index in [2.05, 4.69) is 9.97 Å². The summed E-state index contributed by atoms with van der Waals surface area (Å²) < 4.78 is 42.9. The number of methoxy groups -OCH3 is 1. The van der Waals surface area contributed by atoms with Crippen molar-refractivity contribution >= 4 is 45.2 Å². The van der Waals surface area contributed by atoms with Gasteiger partial charge in [0.25, 0.3) is 0 Å². The van der Waals surface area contributed by atoms with Gasteiger partial charge in [-0.2, -0.15) is 0 Å². The van der Waals surface area contributed by atoms with Gasteiger partial charge < -0.3 is 14.4 Å². The summed E-state index contributed by atoms with van der Waals surface area (Å²) in [5, 5.41) is 0.392. The average Bonchev–Trinajstić information content (AvgIpc) is 3.18. The third-order valence-corrected chi connectivity index (χ3v) is 6.09. The van der Waals surface area contributed by atoms with Crippen molar-refractivity contribution in [3.63, 3.8) is 0 Å². The van der Waals surface area contributed by atoms with E-state index in [0.717, 1.165) is 0 Å². The molecule has 0 atom stereocenters. The first-order valence-corrected chi connectivity index (χ1v) is 10.7. The zero-order valence-electron chi connectivity index (χ0n) is 17.9. The zero-order chi connectivity index (χ0) is 23.3. The fourth-order valence-electron chi connectivity index (χ4n) is 4.27. The van der Waals surface area contributed by atoms with Gasteiger partial charge in [0.15, 0.2) is 5.82 Å². The number of benzene rings is 2. The maximum absolute atomic E-state index is 16.1. The highest BCUT2D eigenvalue weighted by molar-refractivity contribution is 6.35. The number of rotatable bonds is 3. The number of nitrogens with zero attached hydrogens (tertiary/aromatic N) is 4. The van der Waals surface area contributed by atoms with Crippen molar-refractivity contribution in [1.29, 1.82) is 0 Å². The molecule has 0 aliphatic carbocycles. The van der Waals surface area contributed by atoms with Crippen molar-refractivity contribution in [2.45, 2.75) is 6.92 Å². The van der Waals surface area contributed by atoms with Crippen molar-refractivity contribution in [3.05, 3.63) is 58.5 Å². The molecule has 0 amide bonds. The molecule has 0 radical (unpaired) electrons. The molecular weight excluding hydrogens is 454 g/mol. The maximum Gasteiger partial charge on any atom is 0.340 e. The van der Waals surface area contributed by atoms with E-state index in [4.69, 9.17) is 21.1 Å². The summed E-state index contributed by atoms with van der Waals surface area (Å²) in [6, 6.07) is 5.67. The second-order valence-corrected chi connectivity index (χ2v) is 8.03. The molecule has 170 valence electrons. The van der Waals surface area contributed by atoms with E-state index in [0.29, 0.717) is 37.8 Å². The van der Waals surface area contributed by atoms with E-state index in [1.54, 1.807) is 17.9 Å². The lowest BCUT2D eigenvalue weighted by Crippen LogP contribution is -2.37. The predicted molar refractivity (Wildman–Crippen MR) is 120 cm³/mol. The molecule has 0 N–H and O–H groups in total. The van der Waals surface area contributed by atoms with Crippen LogP contribution in [0.3, 0.4) is 0 Å². The van der Waals surface area contributed by atoms with Gasteiger partial charge in [-0.15, -0.1) is 0 Å². The van der Waals surface area contributed by atoms with E-state index < -0.39 is 17.6 Å². The van der Waals surface area contributed by atoms with Crippen molar-refractivity contribution in [2.24, 2.45) is 0 Å². The topological polar surface area (TPSA) is 69.5 Å². The molecule has 2 aromatic carbocycles. The van der Waals surface area contributed by atoms with Gasteiger partial charge in [-0.3, -0.25) is 9.55 Å². The van der Waals surface area contributed by atoms with Crippen LogP contribution in [0.2, 0.25) is 5.02 Å². The van der Waals surface area contributed by atoms with Crippen LogP contribution in [0.4, 0.5) is 14.5 Å². The van der Waals surface area contributed by atoms with Crippen LogP contribution in [0.15, 0.2) is 30.5 Å². The second kappa shape index (κ2) is 8.24. The minimum absolute atomic E-state index is 0.0452. The van der Waals surface area contributed by atoms with Crippen molar-refractivity contribution in [1.82, 2.24) is 14.5 Å². The highest BCUT2D eigenvalue weighted by atomic mass is 35.5. The lowest BCUT2D eigenvalue weighted by atomic mass is 10.1. The van der Waals surface area contributed by atoms with E-state index >= 15 is 4.39 Å². The molecule has 0 bridgehead atoms. The lowest BCUT2D eigenvalue weighted by molar-refractivity contribution is 0.0602. The summed E-state index contributed by atoms with van der Waals surface area (Å²) in [5.41, 5.74) is 1.07. The number of aryl methyl sites for hydroxylation is 1. The van der Waals surface area contributed by atoms with Gasteiger partial charge in [0.2, 0.25) is 0 Å². The SMILES string of the molecule is COC(=O)c1cc(N2CCOCC2)c(F)c2c1nc(C)n2-c1ccnc2c(Cl)ccc(F)c12. The number of esters is 1. The van der Waals surface area contributed by atoms with Crippen LogP contribution in [-0.2, 0) is 9.47 Å². The Morgan fingerprint density at radius 1 is 1.15 bits per heavy atom. The molecule has 2 aromatic heterocycles. The van der Waals surface area contributed by atoms with Crippen LogP contribution in [-0.4, -0.2) is 53.9 Å². The Balaban J connectivity index is 1.89. The summed E-state index contributed by atoms with van der Waals surface area (Å²) >= 11 is 6.26. The molecule has 0 saturated carbocycles. The number of halogens is 3. The largest absolute Gasteiger partial charge is 0.465 e. The van der Waals surface area contributed by atoms with Crippen LogP contribution in [0, 0.1) is 18.6 Å². The first-order chi connectivity index (χ1) is 15.9. The molecule has 1 fully saturated rings. The molecule has 3 heterocycles. The molecular formula is C23H19ClF2N4O3. The molecule has 1 saturated heterocycles. The fraction of sp³-hybridized carbons (Fsp3) is 0.261. The van der Waals surface area contributed by atoms with Crippen LogP contribution in [0.5, 0.6) is 0 Å². The van der Waals surface area contributed by atoms with E-state index in [1.165, 1.54) is 36.1 Å². The van der Waals surface area contributed by atoms with Gasteiger partial charge in [0, 0.05) is 19.3 Å². The van der Waals surface area contributed by atoms with Gasteiger partial charge >= 0.3 is 5.97 Å². The number of fused-ring (bicyclic) bond motifs is 2. The minimum atomic E-state index is -0.645. The Hall–Kier alpha value is -3.30. The standard InChI is InChI=1S/C23H19ClF2N4O3/c1-12-28-20-13(23(31)32-2)11-17(29-7-9-33-10-8-29)19(26)22(20)30(12)16-5-6-27-21-14(24)3-4-15(25)18(16)21/h3-6,11H,7-10H2,1-2H3. The summed E-state index contributed by atoms with van der Waals surface area (Å²) in [6.45, 7) is 3.44. The molecule has 10 heteroatoms. The average molecular weight is 473 g/mol. The Morgan fingerprint density at radius 3 is 2.64 bits per heavy atom. The molecule has 1 aliphatic rings. The Morgan fingerprint density at radius 2 is 1.91 bits per heavy atom. The third-order valence-electron chi connectivity index (χ3n) is 5.78. The number of hydrogen-bond acceptors (Lipinski definition) is 6. The summed E-state index contributed by atoms with van der Waals surface area (Å²) in [4.78, 5) is 23.1. The van der Waals surface area contributed by atoms with Crippen LogP contribution >= 0.6 is 11.6 Å². The first kappa shape index (κ1) is 21.5. The smallest absolute Gasteiger partial charge is 0.340 e. The quantitative estimate of drug-likeness (QED) is 0.411. The van der Waals surface area contributed by atoms with Gasteiger partial charge in [-0.1, -0.05) is 11.6 Å². The molecule has 5 rings (SSSR count). The fourth-order valence-corrected chi connectivity index (χ4v) is 4.48. The van der Waals surface area contributed by atoms with Crippen molar-refractivity contribution in [2.75, 3.05) is 38.3 Å². The molecule has 4 aromatic rings. The number of pyridine rings is 1. The number of imidazole rings is 1. The van der Waals surface area contributed by atoms with Crippen LogP contribution in [0.25, 0.3) is 27.6 Å². The number of ether oxygens (including phenoxy) is 2. The highest BCUT2D eigenvalue weighted by Gasteiger charge is 2.28. The van der Waals surface area contributed by atoms with E-state index in [9.17, 15) is 9.18 Å². The van der Waals surface area contributed by atoms with Crippen molar-refractivity contribution in [3.8, 4) is 5.69 Å². The molecule has 0 spiro atoms. The highest BCUT2D eigenvalue weighted by Crippen LogP contribution is 2.36. The summed E-state index contributed by atoms with van der Waals surface area (Å²) in [5.74, 6) is -1.42. The number of morpholine rings is 1. The number of carbonyl (C=O) groups excluding carboxylic acids is 1. The van der Waals surface area contributed by atoms with Gasteiger partial charge in [-0.25, -0.2) is 18.6 Å². The normalized spacial score (nSPS) is 14.3. The van der Waals surface area contributed by atoms with E-state index in [-0.39, 0.29) is 38.2 Å². The predicted octanol–water partition coefficient (Wildman–Crippen LogP) is 4.44. The van der Waals surface area contributed by atoms with Crippen molar-refractivity contribution < 1.29 is 23.0 Å². The summed E-state index contributed by atoms with van der Waals surface area (Å²) in [7, 11) is 1.25. The van der Waals surface area contributed by atoms with E-state index in [1.807, 2.05) is 0 Å². The molecule has 0 unspecified atom stereocenters. The zero-order valence-corrected chi connectivity index (χ0v) is 18.6. The van der Waals surface area contributed by atoms with Crippen LogP contribution in [0.1, 0.15) is 16.2 Å². The third kappa shape index (κ3) is 3.39. The first-order valence-electron chi connectivity index (χ1n) is 10.3. The molecule has 1 aliphatic heterocycles. The Kier molecular flexibility index (Phi) is 5.38. The number of hydrogen-bond donors (Lipinski definition) is 0. The second-order valence-electron chi connectivity index (χ2n) is 7.62. The Labute approximate surface area is 192 Å². The Bertz CT molecular complexity index is 1420. The van der Waals surface area contributed by atoms with Gasteiger partial charge in [0.05, 0.1) is 53.2 Å². The minimum Gasteiger partial charge on any atom is -0.465 e. The lowest BCUT2D eigenvalue weighted by Gasteiger charge is -2.29. The van der Waals surface area contributed by atoms with Gasteiger partial charge in [-0.05, 0) is 31.2 Å².